The number of nitrogens with one attached hydrogen (secondary N) is 1. The summed E-state index contributed by atoms with van der Waals surface area (Å²) in [6.45, 7) is 2.00. The summed E-state index contributed by atoms with van der Waals surface area (Å²) in [6.07, 6.45) is 0. The highest BCUT2D eigenvalue weighted by Crippen LogP contribution is 2.26. The molecule has 1 heterocycles. The Kier molecular flexibility index (Phi) is 4.48. The molecule has 0 radical (unpaired) electrons. The molecule has 0 bridgehead atoms. The molecule has 0 unspecified atom stereocenters. The van der Waals surface area contributed by atoms with Gasteiger partial charge in [0.05, 0.1) is 5.52 Å². The quantitative estimate of drug-likeness (QED) is 0.783. The highest BCUT2D eigenvalue weighted by atomic mass is 35.5. The molecule has 0 aliphatic rings. The molecule has 4 heteroatoms. The van der Waals surface area contributed by atoms with Crippen LogP contribution in [-0.4, -0.2) is 4.98 Å². The monoisotopic (exact) mass is 303 g/mol. The summed E-state index contributed by atoms with van der Waals surface area (Å²) in [5.74, 6) is 0. The van der Waals surface area contributed by atoms with E-state index in [0.29, 0.717) is 0 Å². The number of fused-ring (bicyclic) bond motifs is 1. The van der Waals surface area contributed by atoms with Crippen molar-refractivity contribution in [3.8, 4) is 0 Å². The minimum absolute atomic E-state index is 0. The largest absolute Gasteiger partial charge is 1.00 e. The molecule has 0 spiro atoms. The van der Waals surface area contributed by atoms with Crippen molar-refractivity contribution in [3.63, 3.8) is 0 Å². The number of hydrogen-bond donors (Lipinski definition) is 1. The number of aryl methyl sites for hydroxylation is 1. The fraction of sp³-hybridized carbons (Fsp3) is 0.0625. The van der Waals surface area contributed by atoms with Crippen LogP contribution < -0.4 is 17.7 Å². The lowest BCUT2D eigenvalue weighted by atomic mass is 10.1. The minimum atomic E-state index is 0. The molecule has 102 valence electrons. The van der Waals surface area contributed by atoms with Gasteiger partial charge in [-0.3, -0.25) is 4.98 Å². The van der Waals surface area contributed by atoms with Gasteiger partial charge >= 0.3 is 0 Å². The third-order valence-electron chi connectivity index (χ3n) is 2.97. The number of rotatable bonds is 2. The maximum Gasteiger partial charge on any atom is 0.0726 e. The van der Waals surface area contributed by atoms with Gasteiger partial charge in [-0.25, -0.2) is 0 Å². The van der Waals surface area contributed by atoms with Crippen LogP contribution in [0.1, 0.15) is 5.69 Å². The fourth-order valence-electron chi connectivity index (χ4n) is 2.10. The van der Waals surface area contributed by atoms with Crippen molar-refractivity contribution in [1.82, 2.24) is 4.98 Å². The van der Waals surface area contributed by atoms with E-state index >= 15 is 0 Å². The van der Waals surface area contributed by atoms with Crippen LogP contribution in [0, 0.1) is 6.92 Å². The van der Waals surface area contributed by atoms with Gasteiger partial charge in [-0.1, -0.05) is 29.8 Å². The molecule has 2 nitrogen and oxygen atoms in total. The molecule has 0 atom stereocenters. The normalized spacial score (nSPS) is 10.1. The zero-order chi connectivity index (χ0) is 13.2. The van der Waals surface area contributed by atoms with Gasteiger partial charge in [-0.05, 0) is 43.3 Å². The van der Waals surface area contributed by atoms with Gasteiger partial charge in [-0.2, -0.15) is 0 Å². The molecule has 1 aromatic heterocycles. The first-order valence-corrected chi connectivity index (χ1v) is 6.49. The van der Waals surface area contributed by atoms with Gasteiger partial charge in [-0.15, -0.1) is 0 Å². The number of pyridine rings is 1. The Bertz CT molecular complexity index is 724. The van der Waals surface area contributed by atoms with Crippen LogP contribution in [0.25, 0.3) is 10.9 Å². The molecule has 0 amide bonds. The number of anilines is 2. The number of nitrogens with zero attached hydrogens (tertiary/aromatic N) is 1. The lowest BCUT2D eigenvalue weighted by molar-refractivity contribution is -0.00000378. The van der Waals surface area contributed by atoms with Crippen molar-refractivity contribution in [2.45, 2.75) is 6.92 Å². The molecule has 0 aliphatic heterocycles. The maximum atomic E-state index is 5.90. The highest BCUT2D eigenvalue weighted by molar-refractivity contribution is 6.30. The van der Waals surface area contributed by atoms with Crippen molar-refractivity contribution in [1.29, 1.82) is 0 Å². The zero-order valence-corrected chi connectivity index (χ0v) is 12.4. The summed E-state index contributed by atoms with van der Waals surface area (Å²) < 4.78 is 0. The van der Waals surface area contributed by atoms with Crippen LogP contribution in [0.5, 0.6) is 0 Å². The van der Waals surface area contributed by atoms with Gasteiger partial charge in [0, 0.05) is 27.5 Å². The Labute approximate surface area is 129 Å². The van der Waals surface area contributed by atoms with E-state index in [9.17, 15) is 0 Å². The van der Waals surface area contributed by atoms with Crippen LogP contribution >= 0.6 is 11.6 Å². The minimum Gasteiger partial charge on any atom is -1.00 e. The maximum absolute atomic E-state index is 5.90. The molecular formula is C16H13Cl2N2-. The Hall–Kier alpha value is -1.77. The Morgan fingerprint density at radius 2 is 1.70 bits per heavy atom. The Morgan fingerprint density at radius 1 is 1.00 bits per heavy atom. The summed E-state index contributed by atoms with van der Waals surface area (Å²) >= 11 is 5.90. The first-order valence-electron chi connectivity index (χ1n) is 6.11. The number of aromatic nitrogens is 1. The first-order chi connectivity index (χ1) is 9.22. The zero-order valence-electron chi connectivity index (χ0n) is 10.9. The summed E-state index contributed by atoms with van der Waals surface area (Å²) in [5.41, 5.74) is 4.07. The number of halogens is 2. The number of benzene rings is 2. The Balaban J connectivity index is 0.00000147. The van der Waals surface area contributed by atoms with Gasteiger partial charge in [0.15, 0.2) is 0 Å². The predicted octanol–water partition coefficient (Wildman–Crippen LogP) is 1.94. The van der Waals surface area contributed by atoms with Crippen molar-refractivity contribution >= 4 is 33.9 Å². The van der Waals surface area contributed by atoms with E-state index in [1.54, 1.807) is 0 Å². The van der Waals surface area contributed by atoms with Gasteiger partial charge < -0.3 is 17.7 Å². The van der Waals surface area contributed by atoms with Crippen LogP contribution in [0.4, 0.5) is 11.4 Å². The summed E-state index contributed by atoms with van der Waals surface area (Å²) in [5, 5.41) is 5.27. The second-order valence-corrected chi connectivity index (χ2v) is 4.90. The third-order valence-corrected chi connectivity index (χ3v) is 3.22. The molecule has 0 aliphatic carbocycles. The first kappa shape index (κ1) is 14.6. The van der Waals surface area contributed by atoms with Gasteiger partial charge in [0.1, 0.15) is 0 Å². The molecule has 0 fully saturated rings. The van der Waals surface area contributed by atoms with Gasteiger partial charge in [0.2, 0.25) is 0 Å². The summed E-state index contributed by atoms with van der Waals surface area (Å²) in [4.78, 5) is 4.53. The molecule has 3 rings (SSSR count). The summed E-state index contributed by atoms with van der Waals surface area (Å²) in [6, 6.07) is 17.8. The van der Waals surface area contributed by atoms with Crippen molar-refractivity contribution < 1.29 is 12.4 Å². The molecule has 1 N–H and O–H groups in total. The number of para-hydroxylation sites is 1. The second-order valence-electron chi connectivity index (χ2n) is 4.46. The highest BCUT2D eigenvalue weighted by Gasteiger charge is 2.03. The van der Waals surface area contributed by atoms with E-state index in [1.165, 1.54) is 0 Å². The van der Waals surface area contributed by atoms with E-state index in [1.807, 2.05) is 49.4 Å². The van der Waals surface area contributed by atoms with Crippen LogP contribution in [0.3, 0.4) is 0 Å². The number of hydrogen-bond acceptors (Lipinski definition) is 2. The van der Waals surface area contributed by atoms with Crippen LogP contribution in [-0.2, 0) is 0 Å². The van der Waals surface area contributed by atoms with Crippen LogP contribution in [0.15, 0.2) is 54.6 Å². The smallest absolute Gasteiger partial charge is 0.0726 e. The predicted molar refractivity (Wildman–Crippen MR) is 81.2 cm³/mol. The average molecular weight is 304 g/mol. The van der Waals surface area contributed by atoms with E-state index in [-0.39, 0.29) is 12.4 Å². The molecule has 2 aromatic carbocycles. The second kappa shape index (κ2) is 6.12. The van der Waals surface area contributed by atoms with E-state index in [0.717, 1.165) is 33.0 Å². The SMILES string of the molecule is Cc1cc(Nc2ccc(Cl)cc2)c2ccccc2n1.[Cl-]. The molecule has 20 heavy (non-hydrogen) atoms. The van der Waals surface area contributed by atoms with E-state index < -0.39 is 0 Å². The topological polar surface area (TPSA) is 24.9 Å². The lowest BCUT2D eigenvalue weighted by Crippen LogP contribution is -3.00. The standard InChI is InChI=1S/C16H13ClN2.ClH/c1-11-10-16(14-4-2-3-5-15(14)18-11)19-13-8-6-12(17)7-9-13;/h2-10H,1H3,(H,18,19);1H/p-1. The van der Waals surface area contributed by atoms with Crippen molar-refractivity contribution in [3.05, 3.63) is 65.3 Å². The van der Waals surface area contributed by atoms with E-state index in [2.05, 4.69) is 22.4 Å². The molecular weight excluding hydrogens is 291 g/mol. The average Bonchev–Trinajstić information content (AvgIpc) is 2.41. The molecule has 0 saturated carbocycles. The van der Waals surface area contributed by atoms with E-state index in [4.69, 9.17) is 11.6 Å². The van der Waals surface area contributed by atoms with Crippen LogP contribution in [0.2, 0.25) is 5.02 Å². The Morgan fingerprint density at radius 3 is 2.45 bits per heavy atom. The third kappa shape index (κ3) is 3.03. The summed E-state index contributed by atoms with van der Waals surface area (Å²) in [7, 11) is 0. The van der Waals surface area contributed by atoms with Crippen molar-refractivity contribution in [2.24, 2.45) is 0 Å². The van der Waals surface area contributed by atoms with Crippen molar-refractivity contribution in [2.75, 3.05) is 5.32 Å². The van der Waals surface area contributed by atoms with Gasteiger partial charge in [0.25, 0.3) is 0 Å². The fourth-order valence-corrected chi connectivity index (χ4v) is 2.23. The molecule has 3 aromatic rings. The lowest BCUT2D eigenvalue weighted by Gasteiger charge is -2.10. The molecule has 0 saturated heterocycles.